The Bertz CT molecular complexity index is 441. The highest BCUT2D eigenvalue weighted by molar-refractivity contribution is 4.87. The van der Waals surface area contributed by atoms with Crippen LogP contribution in [0.5, 0.6) is 0 Å². The standard InChI is InChI=1S/C19H35F3N2O2.3C2H6/c1-14(12-18(2,3)26-16-10-15(11-16)25-5)6-7-24-9-8-23(4)13-17(24)19(20,21)22;3*1-2/h14-17H,6-13H2,1-5H3;3*1-2H3. The lowest BCUT2D eigenvalue weighted by Gasteiger charge is -2.42. The van der Waals surface area contributed by atoms with Gasteiger partial charge in [-0.2, -0.15) is 13.2 Å². The van der Waals surface area contributed by atoms with Crippen molar-refractivity contribution in [2.24, 2.45) is 5.92 Å². The van der Waals surface area contributed by atoms with E-state index in [1.807, 2.05) is 41.5 Å². The Hall–Kier alpha value is -0.370. The summed E-state index contributed by atoms with van der Waals surface area (Å²) in [6.07, 6.45) is -0.132. The molecule has 0 aromatic rings. The van der Waals surface area contributed by atoms with Crippen LogP contribution < -0.4 is 0 Å². The van der Waals surface area contributed by atoms with Crippen molar-refractivity contribution < 1.29 is 22.6 Å². The van der Waals surface area contributed by atoms with Crippen LogP contribution in [0.3, 0.4) is 0 Å². The first-order chi connectivity index (χ1) is 15.0. The number of ether oxygens (including phenoxy) is 2. The third kappa shape index (κ3) is 12.8. The molecule has 0 bridgehead atoms. The second-order valence-corrected chi connectivity index (χ2v) is 8.78. The van der Waals surface area contributed by atoms with Crippen LogP contribution in [0.4, 0.5) is 13.2 Å². The number of hydrogen-bond donors (Lipinski definition) is 0. The monoisotopic (exact) mass is 470 g/mol. The number of alkyl halides is 3. The number of likely N-dealkylation sites (N-methyl/N-ethyl adjacent to an activating group) is 1. The summed E-state index contributed by atoms with van der Waals surface area (Å²) in [4.78, 5) is 3.38. The SMILES string of the molecule is CC.CC.CC.COC1CC(OC(C)(C)CC(C)CCN2CCN(C)CC2C(F)(F)F)C1. The van der Waals surface area contributed by atoms with Crippen LogP contribution in [0.25, 0.3) is 0 Å². The summed E-state index contributed by atoms with van der Waals surface area (Å²) in [5, 5.41) is 0. The topological polar surface area (TPSA) is 24.9 Å². The zero-order chi connectivity index (χ0) is 25.5. The minimum absolute atomic E-state index is 0.0643. The Balaban J connectivity index is 0. The molecule has 0 radical (unpaired) electrons. The Morgan fingerprint density at radius 2 is 1.47 bits per heavy atom. The van der Waals surface area contributed by atoms with E-state index in [9.17, 15) is 13.2 Å². The van der Waals surface area contributed by atoms with Crippen LogP contribution in [0.1, 0.15) is 88.0 Å². The van der Waals surface area contributed by atoms with Crippen molar-refractivity contribution in [2.75, 3.05) is 40.3 Å². The molecule has 7 heteroatoms. The molecular weight excluding hydrogens is 417 g/mol. The van der Waals surface area contributed by atoms with E-state index >= 15 is 0 Å². The van der Waals surface area contributed by atoms with Crippen LogP contribution in [0.15, 0.2) is 0 Å². The fourth-order valence-corrected chi connectivity index (χ4v) is 4.17. The van der Waals surface area contributed by atoms with Gasteiger partial charge >= 0.3 is 6.18 Å². The molecule has 2 unspecified atom stereocenters. The average Bonchev–Trinajstić information content (AvgIpc) is 2.73. The maximum atomic E-state index is 13.3. The Morgan fingerprint density at radius 1 is 0.938 bits per heavy atom. The quantitative estimate of drug-likeness (QED) is 0.397. The molecule has 0 amide bonds. The maximum Gasteiger partial charge on any atom is 0.405 e. The largest absolute Gasteiger partial charge is 0.405 e. The van der Waals surface area contributed by atoms with E-state index < -0.39 is 12.2 Å². The van der Waals surface area contributed by atoms with Gasteiger partial charge in [-0.3, -0.25) is 4.90 Å². The molecule has 1 heterocycles. The van der Waals surface area contributed by atoms with Crippen molar-refractivity contribution in [1.29, 1.82) is 0 Å². The third-order valence-electron chi connectivity index (χ3n) is 5.69. The van der Waals surface area contributed by atoms with Crippen molar-refractivity contribution in [1.82, 2.24) is 9.80 Å². The Labute approximate surface area is 197 Å². The number of piperazine rings is 1. The van der Waals surface area contributed by atoms with E-state index in [-0.39, 0.29) is 18.2 Å². The normalized spacial score (nSPS) is 25.1. The smallest absolute Gasteiger partial charge is 0.381 e. The summed E-state index contributed by atoms with van der Waals surface area (Å²) in [7, 11) is 3.48. The Morgan fingerprint density at radius 3 is 1.94 bits per heavy atom. The van der Waals surface area contributed by atoms with Crippen LogP contribution >= 0.6 is 0 Å². The number of rotatable bonds is 8. The van der Waals surface area contributed by atoms with E-state index in [1.54, 1.807) is 24.0 Å². The molecule has 2 atom stereocenters. The molecule has 2 aliphatic rings. The fourth-order valence-electron chi connectivity index (χ4n) is 4.17. The van der Waals surface area contributed by atoms with Crippen LogP contribution in [0.2, 0.25) is 0 Å². The second-order valence-electron chi connectivity index (χ2n) is 8.78. The van der Waals surface area contributed by atoms with Crippen LogP contribution in [-0.2, 0) is 9.47 Å². The number of methoxy groups -OCH3 is 1. The minimum Gasteiger partial charge on any atom is -0.381 e. The molecule has 4 nitrogen and oxygen atoms in total. The van der Waals surface area contributed by atoms with E-state index in [0.29, 0.717) is 31.7 Å². The highest BCUT2D eigenvalue weighted by Gasteiger charge is 2.45. The van der Waals surface area contributed by atoms with Crippen molar-refractivity contribution in [3.8, 4) is 0 Å². The first-order valence-corrected chi connectivity index (χ1v) is 12.7. The van der Waals surface area contributed by atoms with Gasteiger partial charge in [-0.1, -0.05) is 48.5 Å². The number of hydrogen-bond acceptors (Lipinski definition) is 4. The predicted octanol–water partition coefficient (Wildman–Crippen LogP) is 6.63. The summed E-state index contributed by atoms with van der Waals surface area (Å²) >= 11 is 0. The van der Waals surface area contributed by atoms with Gasteiger partial charge in [0, 0.05) is 26.7 Å². The first kappa shape index (κ1) is 33.8. The van der Waals surface area contributed by atoms with E-state index in [4.69, 9.17) is 9.47 Å². The molecule has 2 fully saturated rings. The van der Waals surface area contributed by atoms with Crippen molar-refractivity contribution in [3.05, 3.63) is 0 Å². The van der Waals surface area contributed by atoms with Gasteiger partial charge in [-0.05, 0) is 59.0 Å². The molecule has 1 saturated heterocycles. The molecule has 1 aliphatic heterocycles. The zero-order valence-corrected chi connectivity index (χ0v) is 22.8. The maximum absolute atomic E-state index is 13.3. The van der Waals surface area contributed by atoms with E-state index in [1.165, 1.54) is 0 Å². The van der Waals surface area contributed by atoms with Gasteiger partial charge in [0.15, 0.2) is 0 Å². The van der Waals surface area contributed by atoms with Gasteiger partial charge in [0.2, 0.25) is 0 Å². The summed E-state index contributed by atoms with van der Waals surface area (Å²) in [5.41, 5.74) is -0.256. The molecule has 196 valence electrons. The molecule has 1 saturated carbocycles. The highest BCUT2D eigenvalue weighted by Crippen LogP contribution is 2.33. The van der Waals surface area contributed by atoms with E-state index in [2.05, 4.69) is 20.8 Å². The lowest BCUT2D eigenvalue weighted by molar-refractivity contribution is -0.196. The van der Waals surface area contributed by atoms with Gasteiger partial charge in [0.1, 0.15) is 6.04 Å². The lowest BCUT2D eigenvalue weighted by atomic mass is 9.88. The van der Waals surface area contributed by atoms with Gasteiger partial charge in [0.05, 0.1) is 17.8 Å². The second kappa shape index (κ2) is 17.1. The molecular formula is C25H53F3N2O2. The summed E-state index contributed by atoms with van der Waals surface area (Å²) < 4.78 is 51.4. The number of nitrogens with zero attached hydrogens (tertiary/aromatic N) is 2. The minimum atomic E-state index is -4.16. The third-order valence-corrected chi connectivity index (χ3v) is 5.69. The number of halogens is 3. The van der Waals surface area contributed by atoms with Gasteiger partial charge in [-0.15, -0.1) is 0 Å². The molecule has 2 rings (SSSR count). The highest BCUT2D eigenvalue weighted by atomic mass is 19.4. The molecule has 0 spiro atoms. The predicted molar refractivity (Wildman–Crippen MR) is 130 cm³/mol. The van der Waals surface area contributed by atoms with Crippen molar-refractivity contribution in [2.45, 2.75) is 118 Å². The van der Waals surface area contributed by atoms with Gasteiger partial charge < -0.3 is 14.4 Å². The van der Waals surface area contributed by atoms with Crippen molar-refractivity contribution >= 4 is 0 Å². The summed E-state index contributed by atoms with van der Waals surface area (Å²) in [5.74, 6) is 0.317. The van der Waals surface area contributed by atoms with E-state index in [0.717, 1.165) is 25.7 Å². The van der Waals surface area contributed by atoms with Crippen LogP contribution in [-0.4, -0.2) is 80.2 Å². The molecule has 0 aromatic heterocycles. The van der Waals surface area contributed by atoms with Gasteiger partial charge in [-0.25, -0.2) is 0 Å². The summed E-state index contributed by atoms with van der Waals surface area (Å²) in [6, 6.07) is -1.35. The fraction of sp³-hybridized carbons (Fsp3) is 1.00. The lowest BCUT2D eigenvalue weighted by Crippen LogP contribution is -2.58. The molecule has 0 aromatic carbocycles. The average molecular weight is 471 g/mol. The Kier molecular flexibility index (Phi) is 18.1. The van der Waals surface area contributed by atoms with Crippen LogP contribution in [0, 0.1) is 5.92 Å². The van der Waals surface area contributed by atoms with Crippen molar-refractivity contribution in [3.63, 3.8) is 0 Å². The molecule has 1 aliphatic carbocycles. The molecule has 32 heavy (non-hydrogen) atoms. The first-order valence-electron chi connectivity index (χ1n) is 12.7. The zero-order valence-electron chi connectivity index (χ0n) is 22.8. The van der Waals surface area contributed by atoms with Gasteiger partial charge in [0.25, 0.3) is 0 Å². The molecule has 0 N–H and O–H groups in total. The summed E-state index contributed by atoms with van der Waals surface area (Å²) in [6.45, 7) is 20.0.